The summed E-state index contributed by atoms with van der Waals surface area (Å²) >= 11 is 0. The van der Waals surface area contributed by atoms with Gasteiger partial charge in [0, 0.05) is 16.1 Å². The zero-order valence-corrected chi connectivity index (χ0v) is 6.95. The standard InChI is InChI=1S/C9H5FN2O2/c10-6-2-1-5-3-8(9(13)12-14)11-7(5)4-6/h1-4,11H. The third-order valence-electron chi connectivity index (χ3n) is 1.90. The fourth-order valence-electron chi connectivity index (χ4n) is 1.26. The van der Waals surface area contributed by atoms with E-state index in [1.165, 1.54) is 24.3 Å². The third-order valence-corrected chi connectivity index (χ3v) is 1.90. The Hall–Kier alpha value is -2.04. The van der Waals surface area contributed by atoms with Crippen LogP contribution >= 0.6 is 0 Å². The molecule has 0 atom stereocenters. The van der Waals surface area contributed by atoms with Crippen LogP contribution in [0, 0.1) is 10.7 Å². The topological polar surface area (TPSA) is 62.3 Å². The monoisotopic (exact) mass is 192 g/mol. The fraction of sp³-hybridized carbons (Fsp3) is 0. The Labute approximate surface area is 77.7 Å². The number of benzene rings is 1. The van der Waals surface area contributed by atoms with Gasteiger partial charge in [-0.1, -0.05) is 0 Å². The summed E-state index contributed by atoms with van der Waals surface area (Å²) in [6.45, 7) is 0. The van der Waals surface area contributed by atoms with Crippen LogP contribution in [0.4, 0.5) is 4.39 Å². The van der Waals surface area contributed by atoms with Crippen molar-refractivity contribution in [1.82, 2.24) is 4.98 Å². The van der Waals surface area contributed by atoms with E-state index in [1.54, 1.807) is 0 Å². The molecule has 0 unspecified atom stereocenters. The molecule has 1 N–H and O–H groups in total. The maximum Gasteiger partial charge on any atom is 0.332 e. The van der Waals surface area contributed by atoms with E-state index in [-0.39, 0.29) is 5.69 Å². The molecule has 1 aromatic carbocycles. The van der Waals surface area contributed by atoms with Gasteiger partial charge in [-0.3, -0.25) is 4.79 Å². The first-order chi connectivity index (χ1) is 6.70. The maximum absolute atomic E-state index is 12.7. The highest BCUT2D eigenvalue weighted by atomic mass is 19.1. The molecule has 0 aliphatic heterocycles. The second kappa shape index (κ2) is 3.02. The lowest BCUT2D eigenvalue weighted by atomic mass is 10.2. The zero-order chi connectivity index (χ0) is 10.1. The van der Waals surface area contributed by atoms with Gasteiger partial charge in [-0.2, -0.15) is 0 Å². The second-order valence-corrected chi connectivity index (χ2v) is 2.81. The molecule has 0 bridgehead atoms. The number of hydrogen-bond acceptors (Lipinski definition) is 2. The van der Waals surface area contributed by atoms with Gasteiger partial charge in [-0.25, -0.2) is 4.39 Å². The van der Waals surface area contributed by atoms with Crippen molar-refractivity contribution in [3.8, 4) is 0 Å². The molecule has 0 saturated heterocycles. The second-order valence-electron chi connectivity index (χ2n) is 2.81. The number of halogens is 1. The first-order valence-electron chi connectivity index (χ1n) is 3.86. The van der Waals surface area contributed by atoms with Crippen molar-refractivity contribution in [1.29, 1.82) is 0 Å². The normalized spacial score (nSPS) is 10.4. The van der Waals surface area contributed by atoms with E-state index in [2.05, 4.69) is 10.2 Å². The lowest BCUT2D eigenvalue weighted by Gasteiger charge is -1.87. The van der Waals surface area contributed by atoms with Crippen molar-refractivity contribution in [2.24, 2.45) is 5.18 Å². The first kappa shape index (κ1) is 8.55. The van der Waals surface area contributed by atoms with Crippen molar-refractivity contribution < 1.29 is 9.18 Å². The summed E-state index contributed by atoms with van der Waals surface area (Å²) in [6.07, 6.45) is 0. The van der Waals surface area contributed by atoms with Gasteiger partial charge < -0.3 is 4.98 Å². The number of nitrogens with zero attached hydrogens (tertiary/aromatic N) is 1. The Balaban J connectivity index is 2.62. The number of fused-ring (bicyclic) bond motifs is 1. The van der Waals surface area contributed by atoms with Gasteiger partial charge in [0.05, 0.1) is 0 Å². The van der Waals surface area contributed by atoms with Gasteiger partial charge in [0.25, 0.3) is 0 Å². The Bertz CT molecular complexity index is 519. The molecular formula is C9H5FN2O2. The number of nitrogens with one attached hydrogen (secondary N) is 1. The number of aromatic nitrogens is 1. The highest BCUT2D eigenvalue weighted by Gasteiger charge is 2.09. The van der Waals surface area contributed by atoms with Crippen LogP contribution in [0.5, 0.6) is 0 Å². The zero-order valence-electron chi connectivity index (χ0n) is 6.95. The summed E-state index contributed by atoms with van der Waals surface area (Å²) in [5.74, 6) is -1.29. The quantitative estimate of drug-likeness (QED) is 0.704. The molecule has 0 spiro atoms. The molecule has 1 aromatic heterocycles. The summed E-state index contributed by atoms with van der Waals surface area (Å²) < 4.78 is 12.7. The molecule has 2 rings (SSSR count). The SMILES string of the molecule is O=NC(=O)c1cc2ccc(F)cc2[nH]1. The number of H-pyrrole nitrogens is 1. The van der Waals surface area contributed by atoms with E-state index in [0.717, 1.165) is 0 Å². The largest absolute Gasteiger partial charge is 0.350 e. The average molecular weight is 192 g/mol. The molecule has 1 heterocycles. The van der Waals surface area contributed by atoms with Crippen molar-refractivity contribution in [2.45, 2.75) is 0 Å². The lowest BCUT2D eigenvalue weighted by molar-refractivity contribution is 0.0997. The number of amides is 1. The molecule has 4 nitrogen and oxygen atoms in total. The summed E-state index contributed by atoms with van der Waals surface area (Å²) in [6, 6.07) is 5.50. The molecule has 0 aliphatic rings. The molecule has 0 fully saturated rings. The number of nitroso groups, excluding NO2 is 1. The van der Waals surface area contributed by atoms with E-state index in [9.17, 15) is 14.1 Å². The molecule has 0 radical (unpaired) electrons. The lowest BCUT2D eigenvalue weighted by Crippen LogP contribution is -1.91. The first-order valence-corrected chi connectivity index (χ1v) is 3.86. The highest BCUT2D eigenvalue weighted by molar-refractivity contribution is 5.98. The van der Waals surface area contributed by atoms with Crippen molar-refractivity contribution in [3.05, 3.63) is 40.7 Å². The fourth-order valence-corrected chi connectivity index (χ4v) is 1.26. The van der Waals surface area contributed by atoms with Gasteiger partial charge in [0.2, 0.25) is 0 Å². The van der Waals surface area contributed by atoms with Crippen LogP contribution in [0.15, 0.2) is 29.4 Å². The summed E-state index contributed by atoms with van der Waals surface area (Å²) in [4.78, 5) is 23.4. The summed E-state index contributed by atoms with van der Waals surface area (Å²) in [5, 5.41) is 2.93. The predicted octanol–water partition coefficient (Wildman–Crippen LogP) is 2.21. The number of carbonyl (C=O) groups excluding carboxylic acids is 1. The van der Waals surface area contributed by atoms with E-state index >= 15 is 0 Å². The molecule has 5 heteroatoms. The van der Waals surface area contributed by atoms with Gasteiger partial charge in [-0.05, 0) is 24.3 Å². The van der Waals surface area contributed by atoms with Gasteiger partial charge in [0.15, 0.2) is 0 Å². The van der Waals surface area contributed by atoms with E-state index in [1.807, 2.05) is 0 Å². The minimum absolute atomic E-state index is 0.0700. The van der Waals surface area contributed by atoms with Gasteiger partial charge in [-0.15, -0.1) is 4.91 Å². The van der Waals surface area contributed by atoms with E-state index < -0.39 is 11.7 Å². The van der Waals surface area contributed by atoms with Gasteiger partial charge in [0.1, 0.15) is 11.5 Å². The Morgan fingerprint density at radius 3 is 2.86 bits per heavy atom. The van der Waals surface area contributed by atoms with Crippen molar-refractivity contribution in [2.75, 3.05) is 0 Å². The van der Waals surface area contributed by atoms with Crippen LogP contribution in [0.1, 0.15) is 10.5 Å². The minimum Gasteiger partial charge on any atom is -0.350 e. The summed E-state index contributed by atoms with van der Waals surface area (Å²) in [5.41, 5.74) is 0.539. The molecule has 70 valence electrons. The molecule has 0 saturated carbocycles. The van der Waals surface area contributed by atoms with Crippen LogP contribution in [0.3, 0.4) is 0 Å². The van der Waals surface area contributed by atoms with Crippen LogP contribution in [-0.4, -0.2) is 10.9 Å². The van der Waals surface area contributed by atoms with E-state index in [0.29, 0.717) is 10.9 Å². The number of rotatable bonds is 1. The van der Waals surface area contributed by atoms with Crippen LogP contribution in [0.25, 0.3) is 10.9 Å². The Morgan fingerprint density at radius 1 is 1.36 bits per heavy atom. The maximum atomic E-state index is 12.7. The molecule has 2 aromatic rings. The predicted molar refractivity (Wildman–Crippen MR) is 48.4 cm³/mol. The van der Waals surface area contributed by atoms with Gasteiger partial charge >= 0.3 is 5.91 Å². The van der Waals surface area contributed by atoms with Crippen molar-refractivity contribution >= 4 is 16.8 Å². The average Bonchev–Trinajstić information content (AvgIpc) is 2.59. The Kier molecular flexibility index (Phi) is 1.85. The van der Waals surface area contributed by atoms with E-state index in [4.69, 9.17) is 0 Å². The number of carbonyl (C=O) groups is 1. The third kappa shape index (κ3) is 1.28. The molecule has 1 amide bonds. The number of hydrogen-bond donors (Lipinski definition) is 1. The summed E-state index contributed by atoms with van der Waals surface area (Å²) in [7, 11) is 0. The molecule has 14 heavy (non-hydrogen) atoms. The van der Waals surface area contributed by atoms with Crippen molar-refractivity contribution in [3.63, 3.8) is 0 Å². The van der Waals surface area contributed by atoms with Crippen LogP contribution in [0.2, 0.25) is 0 Å². The Morgan fingerprint density at radius 2 is 2.14 bits per heavy atom. The van der Waals surface area contributed by atoms with Crippen LogP contribution in [-0.2, 0) is 0 Å². The number of aromatic amines is 1. The highest BCUT2D eigenvalue weighted by Crippen LogP contribution is 2.16. The molecule has 0 aliphatic carbocycles. The smallest absolute Gasteiger partial charge is 0.332 e. The molecular weight excluding hydrogens is 187 g/mol. The minimum atomic E-state index is -0.887. The van der Waals surface area contributed by atoms with Crippen LogP contribution < -0.4 is 0 Å².